The number of carboxylic acids is 1. The molecule has 0 radical (unpaired) electrons. The largest absolute Gasteiger partial charge is 0.506 e. The Labute approximate surface area is 241 Å². The van der Waals surface area contributed by atoms with Crippen LogP contribution in [0.5, 0.6) is 17.2 Å². The molecule has 2 saturated carbocycles. The van der Waals surface area contributed by atoms with E-state index < -0.39 is 34.4 Å². The lowest BCUT2D eigenvalue weighted by atomic mass is 9.51. The number of nitrogens with one attached hydrogen (secondary N) is 1. The molecule has 3 aliphatic carbocycles. The average Bonchev–Trinajstić information content (AvgIpc) is 3.29. The van der Waals surface area contributed by atoms with E-state index in [4.69, 9.17) is 9.47 Å². The average molecular weight is 580 g/mol. The third-order valence-corrected chi connectivity index (χ3v) is 10.8. The van der Waals surface area contributed by atoms with Gasteiger partial charge < -0.3 is 30.1 Å². The quantitative estimate of drug-likeness (QED) is 0.304. The molecule has 1 spiro atoms. The lowest BCUT2D eigenvalue weighted by Gasteiger charge is -2.56. The van der Waals surface area contributed by atoms with Gasteiger partial charge in [0, 0.05) is 22.6 Å². The molecule has 4 fully saturated rings. The van der Waals surface area contributed by atoms with Crippen LogP contribution in [-0.4, -0.2) is 51.8 Å². The number of allylic oxidation sites excluding steroid dienone is 2. The number of anilines is 1. The fourth-order valence-corrected chi connectivity index (χ4v) is 9.21. The van der Waals surface area contributed by atoms with Gasteiger partial charge >= 0.3 is 5.97 Å². The normalized spacial score (nSPS) is 32.9. The van der Waals surface area contributed by atoms with Crippen molar-refractivity contribution in [2.45, 2.75) is 62.6 Å². The van der Waals surface area contributed by atoms with Gasteiger partial charge in [0.05, 0.1) is 23.7 Å². The van der Waals surface area contributed by atoms with Crippen molar-refractivity contribution in [3.05, 3.63) is 52.9 Å². The Morgan fingerprint density at radius 1 is 1.15 bits per heavy atom. The Morgan fingerprint density at radius 3 is 2.54 bits per heavy atom. The Hall–Kier alpha value is -3.50. The van der Waals surface area contributed by atoms with Gasteiger partial charge in [0.2, 0.25) is 5.91 Å². The summed E-state index contributed by atoms with van der Waals surface area (Å²) >= 11 is 1.44. The number of phenols is 2. The van der Waals surface area contributed by atoms with Crippen LogP contribution in [0.25, 0.3) is 0 Å². The summed E-state index contributed by atoms with van der Waals surface area (Å²) in [5.74, 6) is -2.06. The summed E-state index contributed by atoms with van der Waals surface area (Å²) in [6, 6.07) is 9.74. The van der Waals surface area contributed by atoms with Gasteiger partial charge in [-0.15, -0.1) is 0 Å². The molecule has 4 bridgehead atoms. The molecule has 10 heteroatoms. The zero-order valence-corrected chi connectivity index (χ0v) is 23.9. The van der Waals surface area contributed by atoms with Crippen molar-refractivity contribution in [3.8, 4) is 17.2 Å². The van der Waals surface area contributed by atoms with E-state index in [0.29, 0.717) is 10.8 Å². The van der Waals surface area contributed by atoms with Gasteiger partial charge in [0.15, 0.2) is 11.5 Å². The van der Waals surface area contributed by atoms with E-state index in [1.54, 1.807) is 7.11 Å². The number of Topliss-reactive ketones (excluding diaryl/α,β-unsaturated/α-hetero) is 1. The van der Waals surface area contributed by atoms with Gasteiger partial charge in [0.25, 0.3) is 0 Å². The number of methoxy groups -OCH3 is 1. The van der Waals surface area contributed by atoms with E-state index in [1.165, 1.54) is 11.8 Å². The first-order chi connectivity index (χ1) is 19.4. The third-order valence-electron chi connectivity index (χ3n) is 9.76. The standard InChI is InChI=1S/C31H33NO8S/c1-29(11-10-23(34)32-24-20(33)9-8-19(25(24)35)28(37)38)26-21-12-16-13-31(26,15-30(16,2)40-21)14-22(27(29)36)41-18-6-4-17(39-3)5-7-18/h4-9,14,16,21,26,33,35H,10-13,15H2,1-3H3,(H,32,34)(H,37,38)/t16-,21+,26+,29+,30+,31-/m1/s1. The molecule has 5 aliphatic rings. The Morgan fingerprint density at radius 2 is 1.88 bits per heavy atom. The van der Waals surface area contributed by atoms with E-state index in [9.17, 15) is 29.7 Å². The topological polar surface area (TPSA) is 142 Å². The minimum atomic E-state index is -1.39. The predicted molar refractivity (Wildman–Crippen MR) is 151 cm³/mol. The summed E-state index contributed by atoms with van der Waals surface area (Å²) in [6.45, 7) is 4.12. The van der Waals surface area contributed by atoms with Crippen LogP contribution < -0.4 is 10.1 Å². The van der Waals surface area contributed by atoms with Crippen molar-refractivity contribution in [2.24, 2.45) is 22.7 Å². The Kier molecular flexibility index (Phi) is 6.42. The number of benzene rings is 2. The molecule has 1 amide bonds. The summed E-state index contributed by atoms with van der Waals surface area (Å²) in [5, 5.41) is 32.3. The molecular weight excluding hydrogens is 546 g/mol. The molecule has 9 nitrogen and oxygen atoms in total. The van der Waals surface area contributed by atoms with Crippen LogP contribution in [0, 0.1) is 22.7 Å². The molecule has 0 unspecified atom stereocenters. The fraction of sp³-hybridized carbons (Fsp3) is 0.452. The van der Waals surface area contributed by atoms with Crippen LogP contribution >= 0.6 is 11.8 Å². The van der Waals surface area contributed by atoms with E-state index in [-0.39, 0.29) is 47.4 Å². The number of aromatic hydroxyl groups is 2. The molecule has 2 aromatic rings. The first-order valence-electron chi connectivity index (χ1n) is 13.7. The van der Waals surface area contributed by atoms with Crippen molar-refractivity contribution in [1.82, 2.24) is 0 Å². The van der Waals surface area contributed by atoms with E-state index in [0.717, 1.165) is 42.0 Å². The van der Waals surface area contributed by atoms with Crippen molar-refractivity contribution in [3.63, 3.8) is 0 Å². The first kappa shape index (κ1) is 27.7. The third kappa shape index (κ3) is 4.30. The molecular formula is C31H33NO8S. The molecule has 6 atom stereocenters. The van der Waals surface area contributed by atoms with Crippen molar-refractivity contribution in [2.75, 3.05) is 12.4 Å². The number of aromatic carboxylic acids is 1. The fourth-order valence-electron chi connectivity index (χ4n) is 8.06. The maximum absolute atomic E-state index is 14.3. The number of phenolic OH excluding ortho intramolecular Hbond substituents is 1. The van der Waals surface area contributed by atoms with E-state index in [2.05, 4.69) is 18.3 Å². The number of amides is 1. The number of carboxylic acid groups (broad SMARTS) is 1. The molecule has 4 N–H and O–H groups in total. The Balaban J connectivity index is 1.29. The highest BCUT2D eigenvalue weighted by atomic mass is 32.2. The number of hydrogen-bond acceptors (Lipinski definition) is 8. The molecule has 41 heavy (non-hydrogen) atoms. The maximum Gasteiger partial charge on any atom is 0.339 e. The molecule has 7 rings (SSSR count). The predicted octanol–water partition coefficient (Wildman–Crippen LogP) is 5.36. The summed E-state index contributed by atoms with van der Waals surface area (Å²) in [4.78, 5) is 40.4. The number of carbonyl (C=O) groups is 3. The minimum Gasteiger partial charge on any atom is -0.506 e. The summed E-state index contributed by atoms with van der Waals surface area (Å²) < 4.78 is 11.8. The van der Waals surface area contributed by atoms with Crippen LogP contribution in [-0.2, 0) is 14.3 Å². The number of ether oxygens (including phenoxy) is 2. The van der Waals surface area contributed by atoms with Crippen molar-refractivity contribution < 1.29 is 39.2 Å². The van der Waals surface area contributed by atoms with Gasteiger partial charge in [-0.2, -0.15) is 0 Å². The zero-order chi connectivity index (χ0) is 29.3. The molecule has 0 aromatic heterocycles. The number of carbonyl (C=O) groups excluding carboxylic acids is 2. The maximum atomic E-state index is 14.3. The van der Waals surface area contributed by atoms with Gasteiger partial charge in [-0.1, -0.05) is 24.8 Å². The highest BCUT2D eigenvalue weighted by Gasteiger charge is 2.72. The van der Waals surface area contributed by atoms with Gasteiger partial charge in [-0.05, 0) is 80.3 Å². The van der Waals surface area contributed by atoms with Crippen LogP contribution in [0.4, 0.5) is 5.69 Å². The van der Waals surface area contributed by atoms with Gasteiger partial charge in [0.1, 0.15) is 22.7 Å². The van der Waals surface area contributed by atoms with E-state index in [1.807, 2.05) is 31.2 Å². The molecule has 2 aliphatic heterocycles. The molecule has 2 heterocycles. The highest BCUT2D eigenvalue weighted by molar-refractivity contribution is 8.04. The van der Waals surface area contributed by atoms with Crippen LogP contribution in [0.15, 0.2) is 52.3 Å². The smallest absolute Gasteiger partial charge is 0.339 e. The first-order valence-corrected chi connectivity index (χ1v) is 14.6. The summed E-state index contributed by atoms with van der Waals surface area (Å²) in [5.41, 5.74) is -2.12. The van der Waals surface area contributed by atoms with Crippen LogP contribution in [0.2, 0.25) is 0 Å². The van der Waals surface area contributed by atoms with Crippen molar-refractivity contribution >= 4 is 35.1 Å². The zero-order valence-electron chi connectivity index (χ0n) is 23.1. The summed E-state index contributed by atoms with van der Waals surface area (Å²) in [6.07, 6.45) is 4.94. The van der Waals surface area contributed by atoms with Crippen molar-refractivity contribution in [1.29, 1.82) is 0 Å². The monoisotopic (exact) mass is 579 g/mol. The van der Waals surface area contributed by atoms with Gasteiger partial charge in [-0.25, -0.2) is 4.79 Å². The van der Waals surface area contributed by atoms with Crippen LogP contribution in [0.1, 0.15) is 56.3 Å². The van der Waals surface area contributed by atoms with Gasteiger partial charge in [-0.3, -0.25) is 9.59 Å². The number of thioether (sulfide) groups is 1. The second kappa shape index (κ2) is 9.52. The number of ketones is 1. The summed E-state index contributed by atoms with van der Waals surface area (Å²) in [7, 11) is 1.61. The second-order valence-corrected chi connectivity index (χ2v) is 13.4. The van der Waals surface area contributed by atoms with Crippen LogP contribution in [0.3, 0.4) is 0 Å². The lowest BCUT2D eigenvalue weighted by molar-refractivity contribution is -0.169. The molecule has 216 valence electrons. The molecule has 2 saturated heterocycles. The number of hydrogen-bond donors (Lipinski definition) is 4. The molecule has 2 aromatic carbocycles. The minimum absolute atomic E-state index is 0.0251. The van der Waals surface area contributed by atoms with E-state index >= 15 is 0 Å². The lowest BCUT2D eigenvalue weighted by Crippen LogP contribution is -2.57. The SMILES string of the molecule is COc1ccc(SC2=C[C@]34C[C@H]5C[C@H](O[C@@]5(C)C3)[C@H]4[C@](C)(CCC(=O)Nc3c(O)ccc(C(=O)O)c3O)C2=O)cc1. The highest BCUT2D eigenvalue weighted by Crippen LogP contribution is 2.72. The Bertz CT molecular complexity index is 1490. The number of rotatable bonds is 8. The second-order valence-electron chi connectivity index (χ2n) is 12.2.